The minimum atomic E-state index is -0.518. The van der Waals surface area contributed by atoms with Crippen LogP contribution in [0, 0.1) is 6.92 Å². The molecule has 0 aromatic heterocycles. The molecule has 1 unspecified atom stereocenters. The smallest absolute Gasteiger partial charge is 0.410 e. The summed E-state index contributed by atoms with van der Waals surface area (Å²) in [5.74, 6) is 0. The number of amides is 1. The first-order valence-corrected chi connectivity index (χ1v) is 9.99. The molecule has 1 aliphatic rings. The van der Waals surface area contributed by atoms with Crippen molar-refractivity contribution in [1.29, 1.82) is 0 Å². The lowest BCUT2D eigenvalue weighted by Gasteiger charge is -2.45. The third-order valence-electron chi connectivity index (χ3n) is 4.76. The van der Waals surface area contributed by atoms with Crippen molar-refractivity contribution in [2.75, 3.05) is 25.0 Å². The highest BCUT2D eigenvalue weighted by molar-refractivity contribution is 5.69. The normalized spacial score (nSPS) is 19.1. The highest BCUT2D eigenvalue weighted by atomic mass is 16.6. The number of benzene rings is 1. The molecule has 1 atom stereocenters. The van der Waals surface area contributed by atoms with Crippen molar-refractivity contribution in [3.8, 4) is 0 Å². The number of hydrogen-bond donors (Lipinski definition) is 1. The zero-order valence-electron chi connectivity index (χ0n) is 18.7. The van der Waals surface area contributed by atoms with Crippen LogP contribution < -0.4 is 5.32 Å². The first kappa shape index (κ1) is 22.3. The summed E-state index contributed by atoms with van der Waals surface area (Å²) in [4.78, 5) is 14.5. The molecule has 0 saturated carbocycles. The number of ether oxygens (including phenoxy) is 2. The molecule has 1 aromatic carbocycles. The number of aryl methyl sites for hydroxylation is 1. The van der Waals surface area contributed by atoms with E-state index >= 15 is 0 Å². The van der Waals surface area contributed by atoms with Gasteiger partial charge >= 0.3 is 6.09 Å². The Bertz CT molecular complexity index is 728. The molecule has 1 N–H and O–H groups in total. The molecule has 1 fully saturated rings. The zero-order chi connectivity index (χ0) is 21.1. The first-order valence-electron chi connectivity index (χ1n) is 9.99. The average Bonchev–Trinajstić information content (AvgIpc) is 2.54. The van der Waals surface area contributed by atoms with Crippen LogP contribution in [0.2, 0.25) is 0 Å². The molecule has 156 valence electrons. The summed E-state index contributed by atoms with van der Waals surface area (Å²) in [5, 5.41) is 3.44. The van der Waals surface area contributed by atoms with E-state index < -0.39 is 11.1 Å². The van der Waals surface area contributed by atoms with Crippen molar-refractivity contribution < 1.29 is 14.3 Å². The second kappa shape index (κ2) is 8.56. The Morgan fingerprint density at radius 3 is 2.61 bits per heavy atom. The topological polar surface area (TPSA) is 50.8 Å². The Balaban J connectivity index is 2.14. The molecule has 0 bridgehead atoms. The fraction of sp³-hybridized carbons (Fsp3) is 0.609. The van der Waals surface area contributed by atoms with Crippen LogP contribution >= 0.6 is 0 Å². The van der Waals surface area contributed by atoms with Crippen molar-refractivity contribution in [1.82, 2.24) is 4.90 Å². The van der Waals surface area contributed by atoms with E-state index in [1.165, 1.54) is 5.57 Å². The fourth-order valence-corrected chi connectivity index (χ4v) is 3.14. The van der Waals surface area contributed by atoms with Crippen LogP contribution in [0.5, 0.6) is 0 Å². The van der Waals surface area contributed by atoms with E-state index in [1.807, 2.05) is 34.6 Å². The predicted molar refractivity (Wildman–Crippen MR) is 115 cm³/mol. The number of morpholine rings is 1. The number of carbonyl (C=O) groups excluding carboxylic acids is 1. The molecule has 5 nitrogen and oxygen atoms in total. The molecule has 28 heavy (non-hydrogen) atoms. The van der Waals surface area contributed by atoms with Crippen LogP contribution in [-0.2, 0) is 9.47 Å². The third-order valence-corrected chi connectivity index (χ3v) is 4.76. The second-order valence-electron chi connectivity index (χ2n) is 9.44. The second-order valence-corrected chi connectivity index (χ2v) is 9.44. The van der Waals surface area contributed by atoms with E-state index in [0.717, 1.165) is 23.4 Å². The quantitative estimate of drug-likeness (QED) is 0.696. The molecular weight excluding hydrogens is 352 g/mol. The lowest BCUT2D eigenvalue weighted by molar-refractivity contribution is -0.100. The third kappa shape index (κ3) is 5.99. The molecule has 0 radical (unpaired) electrons. The van der Waals surface area contributed by atoms with Gasteiger partial charge in [0.15, 0.2) is 0 Å². The number of rotatable bonds is 4. The molecule has 1 heterocycles. The van der Waals surface area contributed by atoms with Crippen molar-refractivity contribution in [3.63, 3.8) is 0 Å². The maximum absolute atomic E-state index is 12.7. The van der Waals surface area contributed by atoms with Crippen molar-refractivity contribution >= 4 is 11.8 Å². The van der Waals surface area contributed by atoms with Gasteiger partial charge in [0.1, 0.15) is 11.7 Å². The Morgan fingerprint density at radius 2 is 2.04 bits per heavy atom. The van der Waals surface area contributed by atoms with Crippen LogP contribution in [0.3, 0.4) is 0 Å². The molecular formula is C23H36N2O3. The summed E-state index contributed by atoms with van der Waals surface area (Å²) in [6.07, 6.45) is 1.71. The minimum Gasteiger partial charge on any atom is -0.444 e. The number of hydrogen-bond acceptors (Lipinski definition) is 4. The molecule has 5 heteroatoms. The molecule has 0 spiro atoms. The molecule has 0 aliphatic carbocycles. The Hall–Kier alpha value is -2.01. The van der Waals surface area contributed by atoms with Gasteiger partial charge in [-0.2, -0.15) is 0 Å². The maximum atomic E-state index is 12.7. The van der Waals surface area contributed by atoms with Crippen molar-refractivity contribution in [2.45, 2.75) is 72.6 Å². The van der Waals surface area contributed by atoms with Gasteiger partial charge in [-0.3, -0.25) is 4.90 Å². The summed E-state index contributed by atoms with van der Waals surface area (Å²) in [6.45, 7) is 17.7. The number of allylic oxidation sites excluding steroid dienone is 1. The molecule has 1 aliphatic heterocycles. The largest absolute Gasteiger partial charge is 0.444 e. The summed E-state index contributed by atoms with van der Waals surface area (Å²) in [6, 6.07) is 6.31. The van der Waals surface area contributed by atoms with Gasteiger partial charge in [-0.1, -0.05) is 23.8 Å². The van der Waals surface area contributed by atoms with E-state index in [0.29, 0.717) is 13.2 Å². The van der Waals surface area contributed by atoms with Gasteiger partial charge in [-0.25, -0.2) is 4.79 Å². The SMILES string of the molecule is CC(C)=CCNc1ccc(C2CN(C(=O)OC(C)(C)C)C(C)(C)CO2)cc1C. The van der Waals surface area contributed by atoms with Crippen LogP contribution in [-0.4, -0.2) is 41.8 Å². The van der Waals surface area contributed by atoms with E-state index in [1.54, 1.807) is 4.90 Å². The van der Waals surface area contributed by atoms with E-state index in [2.05, 4.69) is 50.4 Å². The molecule has 1 aromatic rings. The number of nitrogens with zero attached hydrogens (tertiary/aromatic N) is 1. The van der Waals surface area contributed by atoms with E-state index in [-0.39, 0.29) is 12.2 Å². The average molecular weight is 389 g/mol. The number of anilines is 1. The summed E-state index contributed by atoms with van der Waals surface area (Å²) in [7, 11) is 0. The molecule has 1 amide bonds. The van der Waals surface area contributed by atoms with Crippen LogP contribution in [0.25, 0.3) is 0 Å². The highest BCUT2D eigenvalue weighted by Gasteiger charge is 2.40. The van der Waals surface area contributed by atoms with Crippen LogP contribution in [0.1, 0.15) is 65.7 Å². The van der Waals surface area contributed by atoms with Crippen molar-refractivity contribution in [2.24, 2.45) is 0 Å². The standard InChI is InChI=1S/C23H36N2O3/c1-16(2)11-12-24-19-10-9-18(13-17(19)3)20-14-25(23(7,8)15-27-20)21(26)28-22(4,5)6/h9-11,13,20,24H,12,14-15H2,1-8H3. The van der Waals surface area contributed by atoms with Crippen molar-refractivity contribution in [3.05, 3.63) is 41.0 Å². The molecule has 1 saturated heterocycles. The molecule has 2 rings (SSSR count). The van der Waals surface area contributed by atoms with Crippen LogP contribution in [0.4, 0.5) is 10.5 Å². The summed E-state index contributed by atoms with van der Waals surface area (Å²) < 4.78 is 11.7. The summed E-state index contributed by atoms with van der Waals surface area (Å²) in [5.41, 5.74) is 3.73. The Labute approximate surface area is 170 Å². The fourth-order valence-electron chi connectivity index (χ4n) is 3.14. The summed E-state index contributed by atoms with van der Waals surface area (Å²) >= 11 is 0. The van der Waals surface area contributed by atoms with E-state index in [9.17, 15) is 4.79 Å². The van der Waals surface area contributed by atoms with Crippen LogP contribution in [0.15, 0.2) is 29.8 Å². The lowest BCUT2D eigenvalue weighted by Crippen LogP contribution is -2.57. The Kier molecular flexibility index (Phi) is 6.81. The minimum absolute atomic E-state index is 0.161. The number of nitrogens with one attached hydrogen (secondary N) is 1. The lowest BCUT2D eigenvalue weighted by atomic mass is 9.97. The predicted octanol–water partition coefficient (Wildman–Crippen LogP) is 5.46. The monoisotopic (exact) mass is 388 g/mol. The van der Waals surface area contributed by atoms with Gasteiger partial charge in [-0.05, 0) is 72.6 Å². The number of carbonyl (C=O) groups is 1. The maximum Gasteiger partial charge on any atom is 0.410 e. The van der Waals surface area contributed by atoms with Gasteiger partial charge < -0.3 is 14.8 Å². The first-order chi connectivity index (χ1) is 12.9. The van der Waals surface area contributed by atoms with E-state index in [4.69, 9.17) is 9.47 Å². The Morgan fingerprint density at radius 1 is 1.36 bits per heavy atom. The van der Waals surface area contributed by atoms with Gasteiger partial charge in [0, 0.05) is 12.2 Å². The van der Waals surface area contributed by atoms with Gasteiger partial charge in [-0.15, -0.1) is 0 Å². The van der Waals surface area contributed by atoms with Gasteiger partial charge in [0.05, 0.1) is 18.7 Å². The van der Waals surface area contributed by atoms with Gasteiger partial charge in [0.2, 0.25) is 0 Å². The highest BCUT2D eigenvalue weighted by Crippen LogP contribution is 2.33. The van der Waals surface area contributed by atoms with Gasteiger partial charge in [0.25, 0.3) is 0 Å². The zero-order valence-corrected chi connectivity index (χ0v) is 18.7.